The minimum absolute atomic E-state index is 0.350. The van der Waals surface area contributed by atoms with Crippen molar-refractivity contribution in [3.8, 4) is 0 Å². The van der Waals surface area contributed by atoms with E-state index in [1.807, 2.05) is 0 Å². The fourth-order valence-electron chi connectivity index (χ4n) is 2.26. The van der Waals surface area contributed by atoms with Crippen molar-refractivity contribution in [1.82, 2.24) is 4.98 Å². The summed E-state index contributed by atoms with van der Waals surface area (Å²) in [5, 5.41) is 2.72. The summed E-state index contributed by atoms with van der Waals surface area (Å²) in [5.41, 5.74) is 0.423. The number of ether oxygens (including phenoxy) is 1. The van der Waals surface area contributed by atoms with Gasteiger partial charge in [-0.25, -0.2) is 9.78 Å². The summed E-state index contributed by atoms with van der Waals surface area (Å²) in [5.74, 6) is 0.433. The zero-order chi connectivity index (χ0) is 12.3. The molecule has 5 heteroatoms. The van der Waals surface area contributed by atoms with Crippen LogP contribution in [0.25, 0.3) is 0 Å². The van der Waals surface area contributed by atoms with Crippen molar-refractivity contribution in [3.63, 3.8) is 0 Å². The van der Waals surface area contributed by atoms with Crippen molar-refractivity contribution in [2.45, 2.75) is 26.2 Å². The zero-order valence-corrected chi connectivity index (χ0v) is 11.1. The largest absolute Gasteiger partial charge is 0.464 e. The normalized spacial score (nSPS) is 19.6. The van der Waals surface area contributed by atoms with Crippen LogP contribution < -0.4 is 4.90 Å². The van der Waals surface area contributed by atoms with Gasteiger partial charge in [-0.2, -0.15) is 0 Å². The summed E-state index contributed by atoms with van der Waals surface area (Å²) in [6, 6.07) is 0. The Hall–Kier alpha value is -1.10. The third-order valence-electron chi connectivity index (χ3n) is 3.14. The third-order valence-corrected chi connectivity index (χ3v) is 4.04. The molecule has 1 unspecified atom stereocenters. The number of thiazole rings is 1. The van der Waals surface area contributed by atoms with Crippen LogP contribution >= 0.6 is 11.3 Å². The average molecular weight is 254 g/mol. The Balaban J connectivity index is 1.99. The van der Waals surface area contributed by atoms with Crippen molar-refractivity contribution in [2.24, 2.45) is 5.92 Å². The van der Waals surface area contributed by atoms with Gasteiger partial charge >= 0.3 is 5.97 Å². The monoisotopic (exact) mass is 254 g/mol. The van der Waals surface area contributed by atoms with E-state index >= 15 is 0 Å². The van der Waals surface area contributed by atoms with Crippen LogP contribution in [0.3, 0.4) is 0 Å². The summed E-state index contributed by atoms with van der Waals surface area (Å²) >= 11 is 1.52. The molecule has 1 atom stereocenters. The molecule has 0 bridgehead atoms. The quantitative estimate of drug-likeness (QED) is 0.774. The van der Waals surface area contributed by atoms with Crippen molar-refractivity contribution in [2.75, 3.05) is 25.1 Å². The summed E-state index contributed by atoms with van der Waals surface area (Å²) in [4.78, 5) is 17.9. The molecule has 0 aromatic carbocycles. The highest BCUT2D eigenvalue weighted by molar-refractivity contribution is 7.13. The molecule has 2 rings (SSSR count). The van der Waals surface area contributed by atoms with Gasteiger partial charge < -0.3 is 9.64 Å². The first-order valence-electron chi connectivity index (χ1n) is 6.03. The minimum Gasteiger partial charge on any atom is -0.464 e. The smallest absolute Gasteiger partial charge is 0.357 e. The predicted molar refractivity (Wildman–Crippen MR) is 68.7 cm³/mol. The van der Waals surface area contributed by atoms with E-state index in [9.17, 15) is 4.79 Å². The van der Waals surface area contributed by atoms with Gasteiger partial charge in [0.25, 0.3) is 0 Å². The van der Waals surface area contributed by atoms with Crippen LogP contribution in [0, 0.1) is 5.92 Å². The molecule has 1 aromatic rings. The number of esters is 1. The molecule has 17 heavy (non-hydrogen) atoms. The number of hydrogen-bond donors (Lipinski definition) is 0. The van der Waals surface area contributed by atoms with Gasteiger partial charge in [0.2, 0.25) is 0 Å². The van der Waals surface area contributed by atoms with Crippen LogP contribution in [0.4, 0.5) is 5.13 Å². The Labute approximate surface area is 106 Å². The SMILES string of the molecule is CCCC1CCN(c2nc(C(=O)OC)cs2)C1. The molecule has 0 spiro atoms. The first kappa shape index (κ1) is 12.4. The summed E-state index contributed by atoms with van der Waals surface area (Å²) in [6.45, 7) is 4.35. The molecule has 94 valence electrons. The maximum atomic E-state index is 11.3. The van der Waals surface area contributed by atoms with Crippen LogP contribution in [0.5, 0.6) is 0 Å². The van der Waals surface area contributed by atoms with E-state index in [4.69, 9.17) is 0 Å². The maximum absolute atomic E-state index is 11.3. The van der Waals surface area contributed by atoms with Crippen molar-refractivity contribution < 1.29 is 9.53 Å². The van der Waals surface area contributed by atoms with E-state index in [2.05, 4.69) is 21.5 Å². The Morgan fingerprint density at radius 3 is 3.24 bits per heavy atom. The number of nitrogens with zero attached hydrogens (tertiary/aromatic N) is 2. The van der Waals surface area contributed by atoms with E-state index in [1.165, 1.54) is 37.7 Å². The summed E-state index contributed by atoms with van der Waals surface area (Å²) < 4.78 is 4.66. The van der Waals surface area contributed by atoms with E-state index in [0.717, 1.165) is 24.1 Å². The standard InChI is InChI=1S/C12H18N2O2S/c1-3-4-9-5-6-14(7-9)12-13-10(8-17-12)11(15)16-2/h8-9H,3-7H2,1-2H3. The number of rotatable bonds is 4. The number of carbonyl (C=O) groups is 1. The van der Waals surface area contributed by atoms with E-state index in [0.29, 0.717) is 5.69 Å². The molecule has 1 saturated heterocycles. The summed E-state index contributed by atoms with van der Waals surface area (Å²) in [7, 11) is 1.38. The van der Waals surface area contributed by atoms with Crippen molar-refractivity contribution in [3.05, 3.63) is 11.1 Å². The van der Waals surface area contributed by atoms with Gasteiger partial charge in [0, 0.05) is 18.5 Å². The van der Waals surface area contributed by atoms with Gasteiger partial charge in [0.05, 0.1) is 7.11 Å². The fraction of sp³-hybridized carbons (Fsp3) is 0.667. The fourth-order valence-corrected chi connectivity index (χ4v) is 3.09. The minimum atomic E-state index is -0.350. The van der Waals surface area contributed by atoms with Gasteiger partial charge in [-0.1, -0.05) is 13.3 Å². The van der Waals surface area contributed by atoms with E-state index in [1.54, 1.807) is 5.38 Å². The maximum Gasteiger partial charge on any atom is 0.357 e. The average Bonchev–Trinajstić information content (AvgIpc) is 2.96. The van der Waals surface area contributed by atoms with Gasteiger partial charge in [-0.3, -0.25) is 0 Å². The van der Waals surface area contributed by atoms with Gasteiger partial charge in [0.15, 0.2) is 10.8 Å². The van der Waals surface area contributed by atoms with Crippen LogP contribution in [0.1, 0.15) is 36.7 Å². The molecule has 1 aliphatic heterocycles. The molecule has 2 heterocycles. The highest BCUT2D eigenvalue weighted by Crippen LogP contribution is 2.28. The lowest BCUT2D eigenvalue weighted by Gasteiger charge is -2.14. The molecule has 1 aromatic heterocycles. The topological polar surface area (TPSA) is 42.4 Å². The Morgan fingerprint density at radius 1 is 1.71 bits per heavy atom. The molecule has 0 N–H and O–H groups in total. The zero-order valence-electron chi connectivity index (χ0n) is 10.3. The number of hydrogen-bond acceptors (Lipinski definition) is 5. The van der Waals surface area contributed by atoms with Crippen molar-refractivity contribution >= 4 is 22.4 Å². The van der Waals surface area contributed by atoms with Gasteiger partial charge in [-0.15, -0.1) is 11.3 Å². The Morgan fingerprint density at radius 2 is 2.53 bits per heavy atom. The second-order valence-electron chi connectivity index (χ2n) is 4.40. The lowest BCUT2D eigenvalue weighted by molar-refractivity contribution is 0.0595. The number of carbonyl (C=O) groups excluding carboxylic acids is 1. The molecule has 0 radical (unpaired) electrons. The van der Waals surface area contributed by atoms with Crippen LogP contribution in [-0.2, 0) is 4.74 Å². The molecule has 1 fully saturated rings. The summed E-state index contributed by atoms with van der Waals surface area (Å²) in [6.07, 6.45) is 3.76. The molecule has 0 saturated carbocycles. The van der Waals surface area contributed by atoms with E-state index in [-0.39, 0.29) is 5.97 Å². The Bertz CT molecular complexity index is 392. The van der Waals surface area contributed by atoms with E-state index < -0.39 is 0 Å². The number of anilines is 1. The van der Waals surface area contributed by atoms with Crippen LogP contribution in [0.2, 0.25) is 0 Å². The van der Waals surface area contributed by atoms with Gasteiger partial charge in [0.1, 0.15) is 0 Å². The van der Waals surface area contributed by atoms with Crippen molar-refractivity contribution in [1.29, 1.82) is 0 Å². The molecular formula is C12H18N2O2S. The molecule has 1 aliphatic rings. The second-order valence-corrected chi connectivity index (χ2v) is 5.23. The first-order valence-corrected chi connectivity index (χ1v) is 6.91. The molecule has 0 amide bonds. The Kier molecular flexibility index (Phi) is 3.99. The van der Waals surface area contributed by atoms with Crippen LogP contribution in [0.15, 0.2) is 5.38 Å². The molecule has 0 aliphatic carbocycles. The van der Waals surface area contributed by atoms with Crippen LogP contribution in [-0.4, -0.2) is 31.2 Å². The van der Waals surface area contributed by atoms with Gasteiger partial charge in [-0.05, 0) is 18.8 Å². The second kappa shape index (κ2) is 5.49. The highest BCUT2D eigenvalue weighted by atomic mass is 32.1. The number of methoxy groups -OCH3 is 1. The number of aromatic nitrogens is 1. The third kappa shape index (κ3) is 2.77. The lowest BCUT2D eigenvalue weighted by Crippen LogP contribution is -2.19. The first-order chi connectivity index (χ1) is 8.24. The molecule has 4 nitrogen and oxygen atoms in total. The molecular weight excluding hydrogens is 236 g/mol. The predicted octanol–water partition coefficient (Wildman–Crippen LogP) is 2.56. The highest BCUT2D eigenvalue weighted by Gasteiger charge is 2.24. The lowest BCUT2D eigenvalue weighted by atomic mass is 10.0.